The predicted octanol–water partition coefficient (Wildman–Crippen LogP) is 2.94. The van der Waals surface area contributed by atoms with Crippen molar-refractivity contribution in [3.05, 3.63) is 59.0 Å². The van der Waals surface area contributed by atoms with Crippen LogP contribution in [0.4, 0.5) is 5.69 Å². The Hall–Kier alpha value is -2.95. The van der Waals surface area contributed by atoms with Crippen LogP contribution >= 0.6 is 0 Å². The number of aromatic nitrogens is 2. The number of H-pyrrole nitrogens is 1. The number of nitrogens with zero attached hydrogens (tertiary/aromatic N) is 2. The number of carbonyl (C=O) groups is 2. The van der Waals surface area contributed by atoms with Gasteiger partial charge < -0.3 is 9.88 Å². The Morgan fingerprint density at radius 1 is 1.00 bits per heavy atom. The Balaban J connectivity index is 1.74. The van der Waals surface area contributed by atoms with Crippen molar-refractivity contribution in [2.24, 2.45) is 0 Å². The van der Waals surface area contributed by atoms with Crippen molar-refractivity contribution in [3.63, 3.8) is 0 Å². The Bertz CT molecular complexity index is 1010. The highest BCUT2D eigenvalue weighted by molar-refractivity contribution is 6.32. The molecule has 1 N–H and O–H groups in total. The number of anilines is 1. The topological polar surface area (TPSA) is 66.1 Å². The van der Waals surface area contributed by atoms with E-state index in [1.165, 1.54) is 19.0 Å². The lowest BCUT2D eigenvalue weighted by molar-refractivity contribution is 0.0977. The molecule has 3 heterocycles. The standard InChI is InChI=1S/C19H15N3O2/c23-18-14-10-20-6-5-12(14)19(24)17-16(18)13-9-11(3-4-15(13)21-17)22-7-1-2-8-22/h3-6,9-10,21H,1-2,7-8H2. The third-order valence-electron chi connectivity index (χ3n) is 5.02. The molecule has 118 valence electrons. The summed E-state index contributed by atoms with van der Waals surface area (Å²) in [7, 11) is 0. The second-order valence-corrected chi connectivity index (χ2v) is 6.38. The normalized spacial score (nSPS) is 16.6. The van der Waals surface area contributed by atoms with Crippen LogP contribution in [0.1, 0.15) is 44.8 Å². The number of carbonyl (C=O) groups excluding carboxylic acids is 2. The minimum atomic E-state index is -0.138. The van der Waals surface area contributed by atoms with Crippen LogP contribution in [0.3, 0.4) is 0 Å². The molecule has 0 bridgehead atoms. The fourth-order valence-electron chi connectivity index (χ4n) is 3.80. The van der Waals surface area contributed by atoms with Crippen LogP contribution in [0, 0.1) is 0 Å². The zero-order chi connectivity index (χ0) is 16.3. The molecule has 1 fully saturated rings. The van der Waals surface area contributed by atoms with E-state index in [0.29, 0.717) is 22.4 Å². The van der Waals surface area contributed by atoms with Gasteiger partial charge in [0.2, 0.25) is 5.78 Å². The molecular formula is C19H15N3O2. The van der Waals surface area contributed by atoms with Crippen LogP contribution in [0.25, 0.3) is 10.9 Å². The maximum Gasteiger partial charge on any atom is 0.210 e. The Morgan fingerprint density at radius 2 is 1.83 bits per heavy atom. The van der Waals surface area contributed by atoms with E-state index in [1.54, 1.807) is 12.3 Å². The van der Waals surface area contributed by atoms with Crippen molar-refractivity contribution in [2.45, 2.75) is 12.8 Å². The molecule has 5 heteroatoms. The minimum Gasteiger partial charge on any atom is -0.372 e. The van der Waals surface area contributed by atoms with Gasteiger partial charge in [0.05, 0.1) is 16.8 Å². The van der Waals surface area contributed by atoms with Gasteiger partial charge in [-0.25, -0.2) is 0 Å². The van der Waals surface area contributed by atoms with E-state index in [4.69, 9.17) is 0 Å². The number of rotatable bonds is 1. The average molecular weight is 317 g/mol. The fraction of sp³-hybridized carbons (Fsp3) is 0.211. The molecule has 0 saturated carbocycles. The summed E-state index contributed by atoms with van der Waals surface area (Å²) < 4.78 is 0. The lowest BCUT2D eigenvalue weighted by Crippen LogP contribution is -2.20. The van der Waals surface area contributed by atoms with Gasteiger partial charge in [-0.1, -0.05) is 0 Å². The van der Waals surface area contributed by atoms with Crippen LogP contribution in [0.2, 0.25) is 0 Å². The van der Waals surface area contributed by atoms with Crippen molar-refractivity contribution >= 4 is 28.2 Å². The summed E-state index contributed by atoms with van der Waals surface area (Å²) in [5, 5.41) is 0.822. The first-order valence-electron chi connectivity index (χ1n) is 8.18. The molecule has 0 atom stereocenters. The zero-order valence-electron chi connectivity index (χ0n) is 13.0. The Kier molecular flexibility index (Phi) is 2.68. The van der Waals surface area contributed by atoms with E-state index in [-0.39, 0.29) is 11.6 Å². The van der Waals surface area contributed by atoms with Crippen molar-refractivity contribution in [3.8, 4) is 0 Å². The van der Waals surface area contributed by atoms with Crippen molar-refractivity contribution in [2.75, 3.05) is 18.0 Å². The monoisotopic (exact) mass is 317 g/mol. The number of ketones is 2. The van der Waals surface area contributed by atoms with Gasteiger partial charge in [-0.15, -0.1) is 0 Å². The van der Waals surface area contributed by atoms with E-state index in [0.717, 1.165) is 29.7 Å². The van der Waals surface area contributed by atoms with E-state index in [2.05, 4.69) is 20.9 Å². The van der Waals surface area contributed by atoms with Crippen LogP contribution in [0.5, 0.6) is 0 Å². The van der Waals surface area contributed by atoms with Gasteiger partial charge in [-0.3, -0.25) is 14.6 Å². The van der Waals surface area contributed by atoms with E-state index in [9.17, 15) is 9.59 Å². The Labute approximate surface area is 138 Å². The first-order chi connectivity index (χ1) is 11.7. The smallest absolute Gasteiger partial charge is 0.210 e. The second-order valence-electron chi connectivity index (χ2n) is 6.38. The highest BCUT2D eigenvalue weighted by atomic mass is 16.1. The zero-order valence-corrected chi connectivity index (χ0v) is 13.0. The molecule has 3 aromatic rings. The van der Waals surface area contributed by atoms with Crippen LogP contribution < -0.4 is 4.90 Å². The molecule has 1 aliphatic carbocycles. The van der Waals surface area contributed by atoms with Crippen molar-refractivity contribution in [1.82, 2.24) is 9.97 Å². The maximum atomic E-state index is 12.9. The highest BCUT2D eigenvalue weighted by Crippen LogP contribution is 2.34. The number of nitrogens with one attached hydrogen (secondary N) is 1. The first-order valence-corrected chi connectivity index (χ1v) is 8.18. The first kappa shape index (κ1) is 13.5. The molecule has 0 radical (unpaired) electrons. The van der Waals surface area contributed by atoms with Gasteiger partial charge in [0.1, 0.15) is 0 Å². The van der Waals surface area contributed by atoms with Crippen molar-refractivity contribution in [1.29, 1.82) is 0 Å². The summed E-state index contributed by atoms with van der Waals surface area (Å²) >= 11 is 0. The molecule has 2 aliphatic rings. The fourth-order valence-corrected chi connectivity index (χ4v) is 3.80. The van der Waals surface area contributed by atoms with Crippen molar-refractivity contribution < 1.29 is 9.59 Å². The minimum absolute atomic E-state index is 0.127. The second kappa shape index (κ2) is 4.77. The molecule has 2 aromatic heterocycles. The van der Waals surface area contributed by atoms with Crippen LogP contribution in [-0.2, 0) is 0 Å². The molecule has 5 rings (SSSR count). The van der Waals surface area contributed by atoms with Gasteiger partial charge >= 0.3 is 0 Å². The number of aromatic amines is 1. The molecule has 0 unspecified atom stereocenters. The Morgan fingerprint density at radius 3 is 2.67 bits per heavy atom. The van der Waals surface area contributed by atoms with Gasteiger partial charge in [-0.2, -0.15) is 0 Å². The third-order valence-corrected chi connectivity index (χ3v) is 5.02. The van der Waals surface area contributed by atoms with E-state index in [1.807, 2.05) is 12.1 Å². The molecule has 1 aromatic carbocycles. The highest BCUT2D eigenvalue weighted by Gasteiger charge is 2.33. The van der Waals surface area contributed by atoms with E-state index < -0.39 is 0 Å². The largest absolute Gasteiger partial charge is 0.372 e. The summed E-state index contributed by atoms with van der Waals surface area (Å²) in [6.07, 6.45) is 5.42. The van der Waals surface area contributed by atoms with Gasteiger partial charge in [0.15, 0.2) is 5.78 Å². The molecule has 0 spiro atoms. The average Bonchev–Trinajstić information content (AvgIpc) is 3.27. The quantitative estimate of drug-likeness (QED) is 0.586. The maximum absolute atomic E-state index is 12.9. The number of hydrogen-bond donors (Lipinski definition) is 1. The molecule has 1 saturated heterocycles. The van der Waals surface area contributed by atoms with Crippen LogP contribution in [-0.4, -0.2) is 34.6 Å². The molecular weight excluding hydrogens is 302 g/mol. The lowest BCUT2D eigenvalue weighted by Gasteiger charge is -2.18. The summed E-state index contributed by atoms with van der Waals surface area (Å²) in [5.74, 6) is -0.265. The molecule has 1 aliphatic heterocycles. The SMILES string of the molecule is O=C1c2ccncc2C(=O)c2c1[nH]c1ccc(N3CCCC3)cc21. The number of fused-ring (bicyclic) bond motifs is 4. The number of hydrogen-bond acceptors (Lipinski definition) is 4. The summed E-state index contributed by atoms with van der Waals surface area (Å²) in [5.41, 5.74) is 3.63. The van der Waals surface area contributed by atoms with Gasteiger partial charge in [0.25, 0.3) is 0 Å². The van der Waals surface area contributed by atoms with Crippen LogP contribution in [0.15, 0.2) is 36.7 Å². The molecule has 0 amide bonds. The number of benzene rings is 1. The van der Waals surface area contributed by atoms with E-state index >= 15 is 0 Å². The third kappa shape index (κ3) is 1.72. The van der Waals surface area contributed by atoms with Gasteiger partial charge in [-0.05, 0) is 37.1 Å². The molecule has 5 nitrogen and oxygen atoms in total. The lowest BCUT2D eigenvalue weighted by atomic mass is 9.88. The number of pyridine rings is 1. The predicted molar refractivity (Wildman–Crippen MR) is 90.8 cm³/mol. The molecule has 24 heavy (non-hydrogen) atoms. The summed E-state index contributed by atoms with van der Waals surface area (Å²) in [6.45, 7) is 2.08. The van der Waals surface area contributed by atoms with Gasteiger partial charge in [0, 0.05) is 47.6 Å². The summed E-state index contributed by atoms with van der Waals surface area (Å²) in [4.78, 5) is 35.2. The summed E-state index contributed by atoms with van der Waals surface area (Å²) in [6, 6.07) is 7.66.